The second kappa shape index (κ2) is 7.47. The number of carbonyl (C=O) groups is 1. The molecule has 9 heteroatoms. The van der Waals surface area contributed by atoms with E-state index in [0.29, 0.717) is 11.6 Å². The van der Waals surface area contributed by atoms with E-state index < -0.39 is 5.60 Å². The first-order valence-corrected chi connectivity index (χ1v) is 11.6. The number of nitrogens with one attached hydrogen (secondary N) is 1. The van der Waals surface area contributed by atoms with Gasteiger partial charge in [0.1, 0.15) is 17.1 Å². The predicted molar refractivity (Wildman–Crippen MR) is 124 cm³/mol. The minimum Gasteiger partial charge on any atom is -0.444 e. The minimum atomic E-state index is -0.536. The van der Waals surface area contributed by atoms with Crippen molar-refractivity contribution in [2.24, 2.45) is 4.99 Å². The number of rotatable bonds is 2. The van der Waals surface area contributed by atoms with Gasteiger partial charge in [-0.15, -0.1) is 5.10 Å². The van der Waals surface area contributed by atoms with Gasteiger partial charge in [-0.2, -0.15) is 0 Å². The fourth-order valence-electron chi connectivity index (χ4n) is 5.08. The molecule has 2 fully saturated rings. The first-order chi connectivity index (χ1) is 15.2. The highest BCUT2D eigenvalue weighted by molar-refractivity contribution is 6.33. The number of nitrogens with zero attached hydrogens (tertiary/aromatic N) is 5. The van der Waals surface area contributed by atoms with Crippen molar-refractivity contribution in [2.75, 3.05) is 18.9 Å². The molecule has 3 aliphatic rings. The van der Waals surface area contributed by atoms with Crippen LogP contribution in [-0.2, 0) is 10.2 Å². The molecular formula is C23H29ClN6O2. The van der Waals surface area contributed by atoms with Gasteiger partial charge in [0.25, 0.3) is 0 Å². The number of carbonyl (C=O) groups excluding carboxylic acids is 1. The van der Waals surface area contributed by atoms with Crippen LogP contribution in [0, 0.1) is 0 Å². The summed E-state index contributed by atoms with van der Waals surface area (Å²) in [6.07, 6.45) is 6.66. The predicted octanol–water partition coefficient (Wildman–Crippen LogP) is 4.87. The van der Waals surface area contributed by atoms with Crippen LogP contribution in [0.4, 0.5) is 10.5 Å². The molecule has 1 saturated carbocycles. The van der Waals surface area contributed by atoms with Crippen LogP contribution in [0.2, 0.25) is 5.02 Å². The number of halogens is 1. The molecule has 1 aromatic heterocycles. The van der Waals surface area contributed by atoms with Gasteiger partial charge in [-0.3, -0.25) is 9.89 Å². The zero-order chi connectivity index (χ0) is 22.7. The first-order valence-electron chi connectivity index (χ1n) is 11.2. The van der Waals surface area contributed by atoms with E-state index >= 15 is 0 Å². The highest BCUT2D eigenvalue weighted by atomic mass is 35.5. The van der Waals surface area contributed by atoms with E-state index in [-0.39, 0.29) is 17.6 Å². The molecule has 0 radical (unpaired) electrons. The third kappa shape index (κ3) is 3.36. The van der Waals surface area contributed by atoms with E-state index in [2.05, 4.69) is 20.6 Å². The number of hydrogen-bond acceptors (Lipinski definition) is 5. The van der Waals surface area contributed by atoms with Crippen molar-refractivity contribution in [3.05, 3.63) is 34.6 Å². The molecule has 170 valence electrons. The lowest BCUT2D eigenvalue weighted by molar-refractivity contribution is 0.0221. The van der Waals surface area contributed by atoms with Crippen molar-refractivity contribution in [2.45, 2.75) is 69.9 Å². The molecular weight excluding hydrogens is 428 g/mol. The number of anilines is 1. The molecule has 0 bridgehead atoms. The number of aromatic nitrogens is 3. The average Bonchev–Trinajstić information content (AvgIpc) is 3.41. The van der Waals surface area contributed by atoms with Gasteiger partial charge in [-0.1, -0.05) is 23.2 Å². The molecule has 32 heavy (non-hydrogen) atoms. The molecule has 8 nitrogen and oxygen atoms in total. The highest BCUT2D eigenvalue weighted by Crippen LogP contribution is 2.52. The lowest BCUT2D eigenvalue weighted by Gasteiger charge is -2.38. The third-order valence-corrected chi connectivity index (χ3v) is 7.02. The van der Waals surface area contributed by atoms with Crippen LogP contribution in [0.15, 0.2) is 23.3 Å². The second-order valence-electron chi connectivity index (χ2n) is 9.90. The van der Waals surface area contributed by atoms with Crippen LogP contribution in [0.5, 0.6) is 0 Å². The van der Waals surface area contributed by atoms with Crippen molar-refractivity contribution >= 4 is 29.2 Å². The van der Waals surface area contributed by atoms with Crippen LogP contribution in [-0.4, -0.2) is 51.0 Å². The molecule has 1 amide bonds. The molecule has 1 saturated heterocycles. The Morgan fingerprint density at radius 2 is 2.09 bits per heavy atom. The van der Waals surface area contributed by atoms with Gasteiger partial charge in [-0.05, 0) is 64.2 Å². The van der Waals surface area contributed by atoms with Gasteiger partial charge in [0.05, 0.1) is 28.4 Å². The fourth-order valence-corrected chi connectivity index (χ4v) is 5.33. The number of hydrogen-bond donors (Lipinski definition) is 1. The van der Waals surface area contributed by atoms with Crippen LogP contribution in [0.3, 0.4) is 0 Å². The van der Waals surface area contributed by atoms with Crippen molar-refractivity contribution in [3.8, 4) is 5.69 Å². The Morgan fingerprint density at radius 1 is 1.31 bits per heavy atom. The summed E-state index contributed by atoms with van der Waals surface area (Å²) in [7, 11) is 1.83. The summed E-state index contributed by atoms with van der Waals surface area (Å²) in [5.74, 6) is 1.02. The van der Waals surface area contributed by atoms with Gasteiger partial charge in [0.2, 0.25) is 0 Å². The molecule has 3 heterocycles. The molecule has 1 atom stereocenters. The zero-order valence-electron chi connectivity index (χ0n) is 19.0. The van der Waals surface area contributed by atoms with Crippen molar-refractivity contribution in [1.29, 1.82) is 0 Å². The SMILES string of the molecule is CN=C1Nc2cc(-n3cc([C@H]4CCCN4C(=O)OC(C)(C)C)nn3)c(Cl)cc2C12CCC2. The summed E-state index contributed by atoms with van der Waals surface area (Å²) >= 11 is 6.72. The number of amides is 1. The Morgan fingerprint density at radius 3 is 2.75 bits per heavy atom. The smallest absolute Gasteiger partial charge is 0.410 e. The average molecular weight is 457 g/mol. The number of likely N-dealkylation sites (tertiary alicyclic amines) is 1. The van der Waals surface area contributed by atoms with Crippen molar-refractivity contribution < 1.29 is 9.53 Å². The van der Waals surface area contributed by atoms with Crippen LogP contribution in [0.25, 0.3) is 5.69 Å². The van der Waals surface area contributed by atoms with Gasteiger partial charge < -0.3 is 10.1 Å². The van der Waals surface area contributed by atoms with Gasteiger partial charge in [0, 0.05) is 19.3 Å². The van der Waals surface area contributed by atoms with Crippen molar-refractivity contribution in [1.82, 2.24) is 19.9 Å². The lowest BCUT2D eigenvalue weighted by Crippen LogP contribution is -2.41. The Labute approximate surface area is 193 Å². The summed E-state index contributed by atoms with van der Waals surface area (Å²) in [5.41, 5.74) is 3.18. The summed E-state index contributed by atoms with van der Waals surface area (Å²) in [5, 5.41) is 12.8. The highest BCUT2D eigenvalue weighted by Gasteiger charge is 2.49. The van der Waals surface area contributed by atoms with Gasteiger partial charge in [-0.25, -0.2) is 9.48 Å². The molecule has 2 aliphatic heterocycles. The van der Waals surface area contributed by atoms with Crippen LogP contribution in [0.1, 0.15) is 70.2 Å². The Hall–Kier alpha value is -2.61. The quantitative estimate of drug-likeness (QED) is 0.696. The largest absolute Gasteiger partial charge is 0.444 e. The van der Waals surface area contributed by atoms with E-state index in [9.17, 15) is 4.79 Å². The second-order valence-corrected chi connectivity index (χ2v) is 10.3. The lowest BCUT2D eigenvalue weighted by atomic mass is 9.65. The van der Waals surface area contributed by atoms with E-state index in [1.165, 1.54) is 12.0 Å². The molecule has 1 aromatic carbocycles. The normalized spacial score (nSPS) is 22.7. The number of aliphatic imine (C=N–C) groups is 1. The topological polar surface area (TPSA) is 84.6 Å². The maximum absolute atomic E-state index is 12.7. The van der Waals surface area contributed by atoms with E-state index in [1.807, 2.05) is 46.1 Å². The monoisotopic (exact) mass is 456 g/mol. The molecule has 0 unspecified atom stereocenters. The minimum absolute atomic E-state index is 0.0163. The molecule has 1 aliphatic carbocycles. The van der Waals surface area contributed by atoms with E-state index in [4.69, 9.17) is 16.3 Å². The molecule has 1 spiro atoms. The fraction of sp³-hybridized carbons (Fsp3) is 0.565. The Bertz CT molecular complexity index is 1100. The number of amidine groups is 1. The number of benzene rings is 1. The zero-order valence-corrected chi connectivity index (χ0v) is 19.7. The van der Waals surface area contributed by atoms with Crippen LogP contribution < -0.4 is 5.32 Å². The maximum atomic E-state index is 12.7. The standard InChI is InChI=1S/C23H29ClN6O2/c1-22(2,3)32-21(31)29-10-5-7-18(29)17-13-30(28-27-17)19-12-16-14(11-15(19)24)23(8-6-9-23)20(25-4)26-16/h11-13,18H,5-10H2,1-4H3,(H,25,26)/t18-/m1/s1. The maximum Gasteiger partial charge on any atom is 0.410 e. The molecule has 2 aromatic rings. The summed E-state index contributed by atoms with van der Waals surface area (Å²) in [6, 6.07) is 3.91. The Balaban J connectivity index is 1.43. The van der Waals surface area contributed by atoms with Gasteiger partial charge >= 0.3 is 6.09 Å². The summed E-state index contributed by atoms with van der Waals surface area (Å²) < 4.78 is 7.28. The molecule has 1 N–H and O–H groups in total. The third-order valence-electron chi connectivity index (χ3n) is 6.72. The first kappa shape index (κ1) is 21.2. The number of fused-ring (bicyclic) bond motifs is 2. The number of ether oxygens (including phenoxy) is 1. The van der Waals surface area contributed by atoms with E-state index in [0.717, 1.165) is 48.6 Å². The Kier molecular flexibility index (Phi) is 4.96. The molecule has 5 rings (SSSR count). The summed E-state index contributed by atoms with van der Waals surface area (Å²) in [6.45, 7) is 6.27. The summed E-state index contributed by atoms with van der Waals surface area (Å²) in [4.78, 5) is 18.9. The van der Waals surface area contributed by atoms with E-state index in [1.54, 1.807) is 9.58 Å². The van der Waals surface area contributed by atoms with Crippen LogP contribution >= 0.6 is 11.6 Å². The van der Waals surface area contributed by atoms with Gasteiger partial charge in [0.15, 0.2) is 0 Å². The van der Waals surface area contributed by atoms with Crippen molar-refractivity contribution in [3.63, 3.8) is 0 Å².